The van der Waals surface area contributed by atoms with Crippen molar-refractivity contribution in [1.29, 1.82) is 0 Å². The summed E-state index contributed by atoms with van der Waals surface area (Å²) in [5, 5.41) is 12.9. The summed E-state index contributed by atoms with van der Waals surface area (Å²) in [4.78, 5) is 28.4. The van der Waals surface area contributed by atoms with Crippen molar-refractivity contribution in [3.05, 3.63) is 22.1 Å². The molecule has 2 atom stereocenters. The second-order valence-electron chi connectivity index (χ2n) is 5.30. The van der Waals surface area contributed by atoms with Gasteiger partial charge in [0.25, 0.3) is 11.5 Å². The van der Waals surface area contributed by atoms with Gasteiger partial charge >= 0.3 is 0 Å². The lowest BCUT2D eigenvalue weighted by Crippen LogP contribution is -2.35. The zero-order chi connectivity index (χ0) is 14.1. The van der Waals surface area contributed by atoms with Gasteiger partial charge in [-0.1, -0.05) is 11.8 Å². The monoisotopic (exact) mass is 295 g/mol. The summed E-state index contributed by atoms with van der Waals surface area (Å²) >= 11 is 1.53. The molecule has 0 aromatic carbocycles. The van der Waals surface area contributed by atoms with Gasteiger partial charge in [-0.3, -0.25) is 14.2 Å². The summed E-state index contributed by atoms with van der Waals surface area (Å²) in [5.74, 6) is 0.763. The smallest absolute Gasteiger partial charge is 0.267 e. The number of amides is 1. The summed E-state index contributed by atoms with van der Waals surface area (Å²) in [5.41, 5.74) is -0.154. The van der Waals surface area contributed by atoms with E-state index in [9.17, 15) is 14.7 Å². The second kappa shape index (κ2) is 5.57. The van der Waals surface area contributed by atoms with Crippen molar-refractivity contribution in [1.82, 2.24) is 14.9 Å². The predicted octanol–water partition coefficient (Wildman–Crippen LogP) is 0.240. The van der Waals surface area contributed by atoms with Crippen LogP contribution in [0.2, 0.25) is 0 Å². The van der Waals surface area contributed by atoms with Gasteiger partial charge in [0.1, 0.15) is 5.56 Å². The van der Waals surface area contributed by atoms with Crippen molar-refractivity contribution in [3.63, 3.8) is 0 Å². The fourth-order valence-corrected chi connectivity index (χ4v) is 3.65. The van der Waals surface area contributed by atoms with Gasteiger partial charge < -0.3 is 10.4 Å². The Bertz CT molecular complexity index is 587. The lowest BCUT2D eigenvalue weighted by Gasteiger charge is -2.11. The van der Waals surface area contributed by atoms with Crippen molar-refractivity contribution in [2.75, 3.05) is 12.3 Å². The number of fused-ring (bicyclic) bond motifs is 1. The van der Waals surface area contributed by atoms with E-state index < -0.39 is 0 Å². The van der Waals surface area contributed by atoms with Gasteiger partial charge in [-0.25, -0.2) is 4.98 Å². The van der Waals surface area contributed by atoms with Gasteiger partial charge in [-0.05, 0) is 25.2 Å². The van der Waals surface area contributed by atoms with Crippen LogP contribution in [0.4, 0.5) is 0 Å². The molecule has 1 fully saturated rings. The molecule has 2 aliphatic rings. The molecule has 0 bridgehead atoms. The molecule has 1 aliphatic carbocycles. The Morgan fingerprint density at radius 1 is 1.55 bits per heavy atom. The molecule has 0 radical (unpaired) electrons. The van der Waals surface area contributed by atoms with Gasteiger partial charge in [-0.15, -0.1) is 0 Å². The Morgan fingerprint density at radius 3 is 3.15 bits per heavy atom. The minimum absolute atomic E-state index is 0.106. The van der Waals surface area contributed by atoms with E-state index in [2.05, 4.69) is 10.3 Å². The average molecular weight is 295 g/mol. The van der Waals surface area contributed by atoms with Crippen LogP contribution in [0.15, 0.2) is 16.1 Å². The average Bonchev–Trinajstić information content (AvgIpc) is 3.05. The summed E-state index contributed by atoms with van der Waals surface area (Å²) in [6.45, 7) is 1.12. The normalized spacial score (nSPS) is 24.6. The molecule has 1 aromatic rings. The molecule has 0 spiro atoms. The number of rotatable bonds is 3. The standard InChI is InChI=1S/C13H17N3O3S/c17-9-2-1-8(5-9)6-14-11(18)10-7-15-13-16(12(10)19)3-4-20-13/h7-9,17H,1-6H2,(H,14,18). The Kier molecular flexibility index (Phi) is 3.80. The molecule has 2 N–H and O–H groups in total. The predicted molar refractivity (Wildman–Crippen MR) is 74.9 cm³/mol. The molecule has 2 heterocycles. The van der Waals surface area contributed by atoms with Gasteiger partial charge in [-0.2, -0.15) is 0 Å². The maximum atomic E-state index is 12.2. The molecule has 1 aliphatic heterocycles. The molecule has 6 nitrogen and oxygen atoms in total. The summed E-state index contributed by atoms with van der Waals surface area (Å²) < 4.78 is 1.55. The molecule has 1 aromatic heterocycles. The van der Waals surface area contributed by atoms with Crippen LogP contribution in [0.25, 0.3) is 0 Å². The third kappa shape index (κ3) is 2.60. The number of thioether (sulfide) groups is 1. The highest BCUT2D eigenvalue weighted by atomic mass is 32.2. The summed E-state index contributed by atoms with van der Waals surface area (Å²) in [6, 6.07) is 0. The van der Waals surface area contributed by atoms with E-state index in [0.29, 0.717) is 24.2 Å². The van der Waals surface area contributed by atoms with E-state index in [1.165, 1.54) is 18.0 Å². The minimum atomic E-state index is -0.365. The maximum absolute atomic E-state index is 12.2. The van der Waals surface area contributed by atoms with Crippen LogP contribution in [0.1, 0.15) is 29.6 Å². The fourth-order valence-electron chi connectivity index (χ4n) is 2.74. The van der Waals surface area contributed by atoms with E-state index in [4.69, 9.17) is 0 Å². The quantitative estimate of drug-likeness (QED) is 0.780. The first kappa shape index (κ1) is 13.6. The number of aliphatic hydroxyl groups is 1. The lowest BCUT2D eigenvalue weighted by atomic mass is 10.1. The second-order valence-corrected chi connectivity index (χ2v) is 6.36. The van der Waals surface area contributed by atoms with Crippen molar-refractivity contribution < 1.29 is 9.90 Å². The van der Waals surface area contributed by atoms with Crippen LogP contribution in [-0.4, -0.2) is 39.0 Å². The van der Waals surface area contributed by atoms with E-state index in [1.807, 2.05) is 0 Å². The van der Waals surface area contributed by atoms with Gasteiger partial charge in [0.15, 0.2) is 5.16 Å². The lowest BCUT2D eigenvalue weighted by molar-refractivity contribution is 0.0942. The fraction of sp³-hybridized carbons (Fsp3) is 0.615. The van der Waals surface area contributed by atoms with E-state index in [0.717, 1.165) is 25.0 Å². The van der Waals surface area contributed by atoms with E-state index >= 15 is 0 Å². The third-order valence-corrected chi connectivity index (χ3v) is 4.84. The third-order valence-electron chi connectivity index (χ3n) is 3.87. The van der Waals surface area contributed by atoms with E-state index in [-0.39, 0.29) is 23.1 Å². The summed E-state index contributed by atoms with van der Waals surface area (Å²) in [6.07, 6.45) is 3.55. The number of nitrogens with one attached hydrogen (secondary N) is 1. The Morgan fingerprint density at radius 2 is 2.40 bits per heavy atom. The molecule has 1 saturated carbocycles. The molecule has 7 heteroatoms. The van der Waals surface area contributed by atoms with Gasteiger partial charge in [0.2, 0.25) is 0 Å². The maximum Gasteiger partial charge on any atom is 0.267 e. The Labute approximate surface area is 120 Å². The van der Waals surface area contributed by atoms with Crippen molar-refractivity contribution in [3.8, 4) is 0 Å². The highest BCUT2D eigenvalue weighted by Gasteiger charge is 2.24. The van der Waals surface area contributed by atoms with Crippen LogP contribution in [0, 0.1) is 5.92 Å². The number of aromatic nitrogens is 2. The molecule has 108 valence electrons. The SMILES string of the molecule is O=C(NCC1CCC(O)C1)c1cnc2n(c1=O)CCS2. The molecule has 3 rings (SSSR count). The molecular formula is C13H17N3O3S. The number of carbonyl (C=O) groups is 1. The van der Waals surface area contributed by atoms with Crippen LogP contribution < -0.4 is 10.9 Å². The zero-order valence-corrected chi connectivity index (χ0v) is 11.9. The number of hydrogen-bond acceptors (Lipinski definition) is 5. The van der Waals surface area contributed by atoms with Crippen molar-refractivity contribution >= 4 is 17.7 Å². The minimum Gasteiger partial charge on any atom is -0.393 e. The highest BCUT2D eigenvalue weighted by Crippen LogP contribution is 2.24. The van der Waals surface area contributed by atoms with Gasteiger partial charge in [0.05, 0.1) is 6.10 Å². The van der Waals surface area contributed by atoms with Crippen molar-refractivity contribution in [2.45, 2.75) is 37.1 Å². The topological polar surface area (TPSA) is 84.2 Å². The van der Waals surface area contributed by atoms with Crippen LogP contribution >= 0.6 is 11.8 Å². The number of nitrogens with zero attached hydrogens (tertiary/aromatic N) is 2. The number of carbonyl (C=O) groups excluding carboxylic acids is 1. The first-order valence-electron chi connectivity index (χ1n) is 6.84. The van der Waals surface area contributed by atoms with E-state index in [1.54, 1.807) is 4.57 Å². The molecule has 20 heavy (non-hydrogen) atoms. The first-order valence-corrected chi connectivity index (χ1v) is 7.82. The molecule has 0 saturated heterocycles. The number of hydrogen-bond donors (Lipinski definition) is 2. The van der Waals surface area contributed by atoms with Crippen LogP contribution in [0.3, 0.4) is 0 Å². The first-order chi connectivity index (χ1) is 9.65. The molecule has 2 unspecified atom stereocenters. The van der Waals surface area contributed by atoms with Crippen molar-refractivity contribution in [2.24, 2.45) is 5.92 Å². The van der Waals surface area contributed by atoms with Crippen LogP contribution in [-0.2, 0) is 6.54 Å². The number of aliphatic hydroxyl groups excluding tert-OH is 1. The highest BCUT2D eigenvalue weighted by molar-refractivity contribution is 7.99. The van der Waals surface area contributed by atoms with Crippen LogP contribution in [0.5, 0.6) is 0 Å². The summed E-state index contributed by atoms with van der Waals surface area (Å²) in [7, 11) is 0. The molecule has 1 amide bonds. The zero-order valence-electron chi connectivity index (χ0n) is 11.0. The molecular weight excluding hydrogens is 278 g/mol. The largest absolute Gasteiger partial charge is 0.393 e. The van der Waals surface area contributed by atoms with Gasteiger partial charge in [0, 0.05) is 25.0 Å². The Balaban J connectivity index is 1.67. The Hall–Kier alpha value is -1.34.